The van der Waals surface area contributed by atoms with Crippen LogP contribution in [0.2, 0.25) is 0 Å². The summed E-state index contributed by atoms with van der Waals surface area (Å²) in [5.41, 5.74) is 0. The molecule has 106 valence electrons. The lowest BCUT2D eigenvalue weighted by atomic mass is 9.82. The highest BCUT2D eigenvalue weighted by molar-refractivity contribution is 5.85. The van der Waals surface area contributed by atoms with E-state index in [1.54, 1.807) is 0 Å². The van der Waals surface area contributed by atoms with Gasteiger partial charge >= 0.3 is 5.97 Å². The second-order valence-electron chi connectivity index (χ2n) is 5.50. The van der Waals surface area contributed by atoms with E-state index < -0.39 is 17.8 Å². The maximum absolute atomic E-state index is 12.1. The first-order valence-corrected chi connectivity index (χ1v) is 6.95. The molecule has 0 saturated heterocycles. The fraction of sp³-hybridized carbons (Fsp3) is 0.714. The Bertz CT molecular complexity index is 377. The molecule has 0 bridgehead atoms. The minimum atomic E-state index is -0.875. The first-order chi connectivity index (χ1) is 9.09. The third-order valence-electron chi connectivity index (χ3n) is 4.02. The van der Waals surface area contributed by atoms with Crippen molar-refractivity contribution < 1.29 is 14.7 Å². The lowest BCUT2D eigenvalue weighted by molar-refractivity contribution is -0.147. The van der Waals surface area contributed by atoms with Crippen LogP contribution in [-0.2, 0) is 9.59 Å². The van der Waals surface area contributed by atoms with E-state index in [0.29, 0.717) is 25.4 Å². The number of nitrogens with zero attached hydrogens (tertiary/aromatic N) is 1. The van der Waals surface area contributed by atoms with Gasteiger partial charge in [0.25, 0.3) is 0 Å². The molecule has 2 N–H and O–H groups in total. The fourth-order valence-corrected chi connectivity index (χ4v) is 2.56. The number of carbonyl (C=O) groups excluding carboxylic acids is 1. The van der Waals surface area contributed by atoms with E-state index in [9.17, 15) is 9.59 Å². The molecule has 0 aliphatic heterocycles. The van der Waals surface area contributed by atoms with Crippen LogP contribution in [-0.4, -0.2) is 48.1 Å². The average Bonchev–Trinajstić information content (AvgIpc) is 3.22. The zero-order valence-corrected chi connectivity index (χ0v) is 11.3. The Kier molecular flexibility index (Phi) is 4.58. The molecular formula is C14H22N2O3. The molecule has 19 heavy (non-hydrogen) atoms. The first-order valence-electron chi connectivity index (χ1n) is 6.95. The highest BCUT2D eigenvalue weighted by atomic mass is 16.4. The van der Waals surface area contributed by atoms with E-state index >= 15 is 0 Å². The van der Waals surface area contributed by atoms with Gasteiger partial charge in [-0.05, 0) is 32.7 Å². The molecule has 1 saturated carbocycles. The summed E-state index contributed by atoms with van der Waals surface area (Å²) in [6.45, 7) is 1.43. The number of rotatable bonds is 6. The number of hydrogen-bond donors (Lipinski definition) is 2. The van der Waals surface area contributed by atoms with E-state index in [4.69, 9.17) is 5.11 Å². The van der Waals surface area contributed by atoms with E-state index in [-0.39, 0.29) is 5.91 Å². The number of carbonyl (C=O) groups is 2. The molecular weight excluding hydrogens is 244 g/mol. The molecule has 0 spiro atoms. The number of likely N-dealkylation sites (N-methyl/N-ethyl adjacent to an activating group) is 1. The largest absolute Gasteiger partial charge is 0.481 e. The molecule has 0 aromatic heterocycles. The molecule has 0 heterocycles. The van der Waals surface area contributed by atoms with Crippen molar-refractivity contribution in [3.8, 4) is 0 Å². The SMILES string of the molecule is CN(CCNC(=O)[C@@H]1CC=CC[C@@H]1C(=O)O)C1CC1. The summed E-state index contributed by atoms with van der Waals surface area (Å²) in [7, 11) is 2.06. The second-order valence-corrected chi connectivity index (χ2v) is 5.50. The fourth-order valence-electron chi connectivity index (χ4n) is 2.56. The van der Waals surface area contributed by atoms with Crippen LogP contribution >= 0.6 is 0 Å². The Balaban J connectivity index is 1.77. The number of carboxylic acid groups (broad SMARTS) is 1. The zero-order chi connectivity index (χ0) is 13.8. The quantitative estimate of drug-likeness (QED) is 0.700. The lowest BCUT2D eigenvalue weighted by Gasteiger charge is -2.24. The van der Waals surface area contributed by atoms with Crippen molar-refractivity contribution in [3.63, 3.8) is 0 Å². The van der Waals surface area contributed by atoms with Crippen molar-refractivity contribution in [2.24, 2.45) is 11.8 Å². The van der Waals surface area contributed by atoms with Crippen LogP contribution in [0, 0.1) is 11.8 Å². The molecule has 2 aliphatic carbocycles. The number of amides is 1. The summed E-state index contributed by atoms with van der Waals surface area (Å²) in [6.07, 6.45) is 7.23. The molecule has 0 aromatic rings. The Morgan fingerprint density at radius 1 is 1.26 bits per heavy atom. The third-order valence-corrected chi connectivity index (χ3v) is 4.02. The number of allylic oxidation sites excluding steroid dienone is 2. The van der Waals surface area contributed by atoms with Gasteiger partial charge in [0.1, 0.15) is 0 Å². The van der Waals surface area contributed by atoms with Crippen molar-refractivity contribution in [3.05, 3.63) is 12.2 Å². The number of aliphatic carboxylic acids is 1. The highest BCUT2D eigenvalue weighted by Gasteiger charge is 2.33. The molecule has 0 radical (unpaired) electrons. The average molecular weight is 266 g/mol. The Hall–Kier alpha value is -1.36. The molecule has 0 aromatic carbocycles. The standard InChI is InChI=1S/C14H22N2O3/c1-16(10-6-7-10)9-8-15-13(17)11-4-2-3-5-12(11)14(18)19/h2-3,10-12H,4-9H2,1H3,(H,15,17)(H,18,19)/t11-,12+/m1/s1. The monoisotopic (exact) mass is 266 g/mol. The van der Waals surface area contributed by atoms with E-state index in [1.165, 1.54) is 12.8 Å². The van der Waals surface area contributed by atoms with Crippen LogP contribution < -0.4 is 5.32 Å². The molecule has 5 nitrogen and oxygen atoms in total. The van der Waals surface area contributed by atoms with Crippen molar-refractivity contribution >= 4 is 11.9 Å². The first kappa shape index (κ1) is 14.1. The van der Waals surface area contributed by atoms with Crippen LogP contribution in [0.15, 0.2) is 12.2 Å². The van der Waals surface area contributed by atoms with Gasteiger partial charge in [-0.2, -0.15) is 0 Å². The lowest BCUT2D eigenvalue weighted by Crippen LogP contribution is -2.41. The topological polar surface area (TPSA) is 69.6 Å². The zero-order valence-electron chi connectivity index (χ0n) is 11.3. The highest BCUT2D eigenvalue weighted by Crippen LogP contribution is 2.26. The van der Waals surface area contributed by atoms with Gasteiger partial charge in [-0.25, -0.2) is 0 Å². The van der Waals surface area contributed by atoms with E-state index in [2.05, 4.69) is 17.3 Å². The summed E-state index contributed by atoms with van der Waals surface area (Å²) < 4.78 is 0. The van der Waals surface area contributed by atoms with Crippen LogP contribution in [0.3, 0.4) is 0 Å². The van der Waals surface area contributed by atoms with Crippen LogP contribution in [0.1, 0.15) is 25.7 Å². The maximum atomic E-state index is 12.1. The summed E-state index contributed by atoms with van der Waals surface area (Å²) >= 11 is 0. The van der Waals surface area contributed by atoms with Crippen LogP contribution in [0.25, 0.3) is 0 Å². The molecule has 5 heteroatoms. The van der Waals surface area contributed by atoms with Gasteiger partial charge in [-0.1, -0.05) is 12.2 Å². The van der Waals surface area contributed by atoms with Gasteiger partial charge in [0.05, 0.1) is 11.8 Å². The Morgan fingerprint density at radius 3 is 2.47 bits per heavy atom. The van der Waals surface area contributed by atoms with E-state index in [1.807, 2.05) is 12.2 Å². The predicted molar refractivity (Wildman–Crippen MR) is 71.7 cm³/mol. The number of carboxylic acids is 1. The van der Waals surface area contributed by atoms with Crippen molar-refractivity contribution in [1.29, 1.82) is 0 Å². The Morgan fingerprint density at radius 2 is 1.89 bits per heavy atom. The molecule has 1 fully saturated rings. The van der Waals surface area contributed by atoms with Crippen molar-refractivity contribution in [2.75, 3.05) is 20.1 Å². The maximum Gasteiger partial charge on any atom is 0.307 e. The van der Waals surface area contributed by atoms with Gasteiger partial charge in [-0.15, -0.1) is 0 Å². The van der Waals surface area contributed by atoms with Crippen molar-refractivity contribution in [1.82, 2.24) is 10.2 Å². The molecule has 1 amide bonds. The summed E-state index contributed by atoms with van der Waals surface area (Å²) in [4.78, 5) is 25.4. The van der Waals surface area contributed by atoms with Crippen LogP contribution in [0.5, 0.6) is 0 Å². The Labute approximate surface area is 113 Å². The van der Waals surface area contributed by atoms with Gasteiger partial charge in [0.2, 0.25) is 5.91 Å². The molecule has 0 unspecified atom stereocenters. The minimum Gasteiger partial charge on any atom is -0.481 e. The number of hydrogen-bond acceptors (Lipinski definition) is 3. The van der Waals surface area contributed by atoms with Gasteiger partial charge < -0.3 is 15.3 Å². The van der Waals surface area contributed by atoms with Gasteiger partial charge in [0, 0.05) is 19.1 Å². The second kappa shape index (κ2) is 6.19. The summed E-state index contributed by atoms with van der Waals surface area (Å²) in [6, 6.07) is 0.682. The number of nitrogens with one attached hydrogen (secondary N) is 1. The summed E-state index contributed by atoms with van der Waals surface area (Å²) in [5.74, 6) is -2.00. The van der Waals surface area contributed by atoms with Gasteiger partial charge in [-0.3, -0.25) is 9.59 Å². The minimum absolute atomic E-state index is 0.124. The van der Waals surface area contributed by atoms with E-state index in [0.717, 1.165) is 6.54 Å². The van der Waals surface area contributed by atoms with Gasteiger partial charge in [0.15, 0.2) is 0 Å². The summed E-state index contributed by atoms with van der Waals surface area (Å²) in [5, 5.41) is 12.0. The third kappa shape index (κ3) is 3.80. The predicted octanol–water partition coefficient (Wildman–Crippen LogP) is 0.864. The molecule has 2 aliphatic rings. The van der Waals surface area contributed by atoms with Crippen LogP contribution in [0.4, 0.5) is 0 Å². The normalized spacial score (nSPS) is 26.4. The van der Waals surface area contributed by atoms with Crippen molar-refractivity contribution in [2.45, 2.75) is 31.7 Å². The molecule has 2 atom stereocenters. The smallest absolute Gasteiger partial charge is 0.307 e. The molecule has 2 rings (SSSR count).